The van der Waals surface area contributed by atoms with Crippen molar-refractivity contribution in [1.29, 1.82) is 0 Å². The Morgan fingerprint density at radius 2 is 2.00 bits per heavy atom. The standard InChI is InChI=1S/C12H14Cl2N4O2S/c1-15-12(21)18-17-11(19)10(7-4-20-5-7)6-2-8(13)16-9(14)3-6/h2-3,7,10H,4-5H2,1H3,(H,17,19)(H2,15,18,21). The molecule has 1 aliphatic rings. The molecule has 0 spiro atoms. The summed E-state index contributed by atoms with van der Waals surface area (Å²) in [5.41, 5.74) is 5.88. The molecule has 2 rings (SSSR count). The van der Waals surface area contributed by atoms with Crippen LogP contribution in [0.3, 0.4) is 0 Å². The van der Waals surface area contributed by atoms with Crippen LogP contribution in [0, 0.1) is 5.92 Å². The van der Waals surface area contributed by atoms with Crippen molar-refractivity contribution in [1.82, 2.24) is 21.2 Å². The van der Waals surface area contributed by atoms with Crippen molar-refractivity contribution >= 4 is 46.4 Å². The van der Waals surface area contributed by atoms with Crippen LogP contribution in [0.5, 0.6) is 0 Å². The number of thiocarbonyl (C=S) groups is 1. The topological polar surface area (TPSA) is 75.3 Å². The Morgan fingerprint density at radius 3 is 2.48 bits per heavy atom. The van der Waals surface area contributed by atoms with Gasteiger partial charge in [0.05, 0.1) is 19.1 Å². The zero-order valence-electron chi connectivity index (χ0n) is 11.2. The van der Waals surface area contributed by atoms with Crippen LogP contribution in [0.2, 0.25) is 10.3 Å². The third-order valence-corrected chi connectivity index (χ3v) is 3.78. The molecule has 0 aromatic carbocycles. The van der Waals surface area contributed by atoms with Gasteiger partial charge in [-0.1, -0.05) is 23.2 Å². The Bertz CT molecular complexity index is 534. The fraction of sp³-hybridized carbons (Fsp3) is 0.417. The van der Waals surface area contributed by atoms with Gasteiger partial charge in [-0.05, 0) is 29.9 Å². The maximum absolute atomic E-state index is 12.4. The highest BCUT2D eigenvalue weighted by molar-refractivity contribution is 7.80. The molecule has 6 nitrogen and oxygen atoms in total. The first-order valence-electron chi connectivity index (χ1n) is 6.19. The van der Waals surface area contributed by atoms with Crippen molar-refractivity contribution in [2.24, 2.45) is 5.92 Å². The zero-order chi connectivity index (χ0) is 15.4. The van der Waals surface area contributed by atoms with Gasteiger partial charge < -0.3 is 10.1 Å². The van der Waals surface area contributed by atoms with Crippen LogP contribution >= 0.6 is 35.4 Å². The lowest BCUT2D eigenvalue weighted by Crippen LogP contribution is -2.50. The number of amides is 1. The van der Waals surface area contributed by atoms with Gasteiger partial charge in [0.25, 0.3) is 0 Å². The molecule has 2 heterocycles. The van der Waals surface area contributed by atoms with E-state index >= 15 is 0 Å². The highest BCUT2D eigenvalue weighted by atomic mass is 35.5. The number of halogens is 2. The number of pyridine rings is 1. The summed E-state index contributed by atoms with van der Waals surface area (Å²) in [6, 6.07) is 3.26. The first-order valence-corrected chi connectivity index (χ1v) is 7.36. The quantitative estimate of drug-likeness (QED) is 0.433. The summed E-state index contributed by atoms with van der Waals surface area (Å²) < 4.78 is 5.17. The predicted octanol–water partition coefficient (Wildman–Crippen LogP) is 1.24. The molecule has 1 aromatic rings. The zero-order valence-corrected chi connectivity index (χ0v) is 13.5. The Hall–Kier alpha value is -1.15. The lowest BCUT2D eigenvalue weighted by Gasteiger charge is -2.33. The van der Waals surface area contributed by atoms with Crippen LogP contribution < -0.4 is 16.2 Å². The smallest absolute Gasteiger partial charge is 0.246 e. The summed E-state index contributed by atoms with van der Waals surface area (Å²) in [7, 11) is 1.65. The lowest BCUT2D eigenvalue weighted by molar-refractivity contribution is -0.130. The minimum absolute atomic E-state index is 0.0597. The molecule has 0 radical (unpaired) electrons. The fourth-order valence-electron chi connectivity index (χ4n) is 2.01. The second kappa shape index (κ2) is 7.22. The van der Waals surface area contributed by atoms with Crippen molar-refractivity contribution in [3.63, 3.8) is 0 Å². The third-order valence-electron chi connectivity index (χ3n) is 3.09. The van der Waals surface area contributed by atoms with E-state index in [1.165, 1.54) is 0 Å². The molecule has 0 bridgehead atoms. The monoisotopic (exact) mass is 348 g/mol. The number of nitrogens with zero attached hydrogens (tertiary/aromatic N) is 1. The first-order chi connectivity index (χ1) is 10.0. The molecular formula is C12H14Cl2N4O2S. The average molecular weight is 349 g/mol. The molecule has 3 N–H and O–H groups in total. The van der Waals surface area contributed by atoms with E-state index in [0.29, 0.717) is 23.9 Å². The van der Waals surface area contributed by atoms with Crippen LogP contribution in [-0.2, 0) is 9.53 Å². The summed E-state index contributed by atoms with van der Waals surface area (Å²) >= 11 is 16.7. The van der Waals surface area contributed by atoms with Gasteiger partial charge in [-0.15, -0.1) is 0 Å². The predicted molar refractivity (Wildman–Crippen MR) is 84.2 cm³/mol. The molecule has 114 valence electrons. The molecule has 0 saturated carbocycles. The largest absolute Gasteiger partial charge is 0.381 e. The number of hydrogen-bond acceptors (Lipinski definition) is 4. The Balaban J connectivity index is 2.17. The van der Waals surface area contributed by atoms with Gasteiger partial charge >= 0.3 is 0 Å². The molecule has 1 atom stereocenters. The normalized spacial score (nSPS) is 15.8. The molecule has 1 aliphatic heterocycles. The van der Waals surface area contributed by atoms with Crippen molar-refractivity contribution in [2.45, 2.75) is 5.92 Å². The van der Waals surface area contributed by atoms with Gasteiger partial charge in [0.1, 0.15) is 10.3 Å². The van der Waals surface area contributed by atoms with Crippen LogP contribution in [0.15, 0.2) is 12.1 Å². The molecule has 1 aromatic heterocycles. The van der Waals surface area contributed by atoms with Gasteiger partial charge in [0, 0.05) is 13.0 Å². The molecule has 0 aliphatic carbocycles. The summed E-state index contributed by atoms with van der Waals surface area (Å²) in [6.45, 7) is 1.01. The molecule has 1 fully saturated rings. The summed E-state index contributed by atoms with van der Waals surface area (Å²) in [6.07, 6.45) is 0. The fourth-order valence-corrected chi connectivity index (χ4v) is 2.53. The molecule has 1 unspecified atom stereocenters. The van der Waals surface area contributed by atoms with Crippen molar-refractivity contribution < 1.29 is 9.53 Å². The summed E-state index contributed by atoms with van der Waals surface area (Å²) in [4.78, 5) is 16.3. The van der Waals surface area contributed by atoms with E-state index < -0.39 is 5.92 Å². The highest BCUT2D eigenvalue weighted by Crippen LogP contribution is 2.32. The molecule has 21 heavy (non-hydrogen) atoms. The number of hydrazine groups is 1. The Kier molecular flexibility index (Phi) is 5.58. The SMILES string of the molecule is CNC(=S)NNC(=O)C(c1cc(Cl)nc(Cl)c1)C1COC1. The minimum atomic E-state index is -0.441. The first kappa shape index (κ1) is 16.2. The summed E-state index contributed by atoms with van der Waals surface area (Å²) in [5.74, 6) is -0.618. The molecule has 1 amide bonds. The number of hydrogen-bond donors (Lipinski definition) is 3. The van der Waals surface area contributed by atoms with E-state index in [0.717, 1.165) is 0 Å². The highest BCUT2D eigenvalue weighted by Gasteiger charge is 2.35. The second-order valence-corrected chi connectivity index (χ2v) is 5.70. The van der Waals surface area contributed by atoms with Crippen LogP contribution in [0.4, 0.5) is 0 Å². The van der Waals surface area contributed by atoms with E-state index in [1.54, 1.807) is 19.2 Å². The Labute approximate surface area is 137 Å². The number of rotatable bonds is 3. The minimum Gasteiger partial charge on any atom is -0.381 e. The number of aromatic nitrogens is 1. The number of carbonyl (C=O) groups excluding carboxylic acids is 1. The molecular weight excluding hydrogens is 335 g/mol. The van der Waals surface area contributed by atoms with Gasteiger partial charge in [0.15, 0.2) is 5.11 Å². The van der Waals surface area contributed by atoms with Crippen molar-refractivity contribution in [3.05, 3.63) is 28.0 Å². The van der Waals surface area contributed by atoms with Crippen LogP contribution in [-0.4, -0.2) is 36.3 Å². The Morgan fingerprint density at radius 1 is 1.38 bits per heavy atom. The number of ether oxygens (including phenoxy) is 1. The second-order valence-electron chi connectivity index (χ2n) is 4.51. The van der Waals surface area contributed by atoms with E-state index in [9.17, 15) is 4.79 Å². The van der Waals surface area contributed by atoms with E-state index in [2.05, 4.69) is 21.2 Å². The van der Waals surface area contributed by atoms with Gasteiger partial charge in [-0.2, -0.15) is 0 Å². The van der Waals surface area contributed by atoms with Crippen LogP contribution in [0.1, 0.15) is 11.5 Å². The van der Waals surface area contributed by atoms with Crippen LogP contribution in [0.25, 0.3) is 0 Å². The maximum Gasteiger partial charge on any atom is 0.246 e. The lowest BCUT2D eigenvalue weighted by atomic mass is 9.84. The van der Waals surface area contributed by atoms with E-state index in [-0.39, 0.29) is 22.1 Å². The van der Waals surface area contributed by atoms with Crippen molar-refractivity contribution in [2.75, 3.05) is 20.3 Å². The average Bonchev–Trinajstić information content (AvgIpc) is 2.38. The number of carbonyl (C=O) groups is 1. The van der Waals surface area contributed by atoms with E-state index in [4.69, 9.17) is 40.2 Å². The molecule has 1 saturated heterocycles. The third kappa shape index (κ3) is 4.16. The molecule has 9 heteroatoms. The van der Waals surface area contributed by atoms with Gasteiger partial charge in [-0.3, -0.25) is 15.6 Å². The van der Waals surface area contributed by atoms with Gasteiger partial charge in [0.2, 0.25) is 5.91 Å². The van der Waals surface area contributed by atoms with E-state index in [1.807, 2.05) is 0 Å². The summed E-state index contributed by atoms with van der Waals surface area (Å²) in [5, 5.41) is 3.51. The number of nitrogens with one attached hydrogen (secondary N) is 3. The maximum atomic E-state index is 12.4. The van der Waals surface area contributed by atoms with Gasteiger partial charge in [-0.25, -0.2) is 4.98 Å². The van der Waals surface area contributed by atoms with Crippen molar-refractivity contribution in [3.8, 4) is 0 Å².